The highest BCUT2D eigenvalue weighted by Crippen LogP contribution is 2.25. The van der Waals surface area contributed by atoms with Crippen LogP contribution in [0.4, 0.5) is 0 Å². The van der Waals surface area contributed by atoms with E-state index in [2.05, 4.69) is 41.9 Å². The second kappa shape index (κ2) is 4.87. The quantitative estimate of drug-likeness (QED) is 0.668. The van der Waals surface area contributed by atoms with Crippen molar-refractivity contribution in [3.63, 3.8) is 0 Å². The number of aromatic nitrogens is 4. The fourth-order valence-electron chi connectivity index (χ4n) is 2.17. The van der Waals surface area contributed by atoms with E-state index in [0.29, 0.717) is 11.2 Å². The fourth-order valence-corrected chi connectivity index (χ4v) is 2.33. The Morgan fingerprint density at radius 3 is 2.70 bits per heavy atom. The zero-order valence-corrected chi connectivity index (χ0v) is 12.4. The molecule has 20 heavy (non-hydrogen) atoms. The molecule has 3 heterocycles. The highest BCUT2D eigenvalue weighted by atomic mass is 35.5. The molecule has 3 rings (SSSR count). The third-order valence-corrected chi connectivity index (χ3v) is 3.50. The van der Waals surface area contributed by atoms with Crippen LogP contribution in [0.3, 0.4) is 0 Å². The van der Waals surface area contributed by atoms with Gasteiger partial charge >= 0.3 is 0 Å². The van der Waals surface area contributed by atoms with Crippen molar-refractivity contribution < 1.29 is 0 Å². The van der Waals surface area contributed by atoms with E-state index in [1.165, 1.54) is 0 Å². The van der Waals surface area contributed by atoms with E-state index in [9.17, 15) is 0 Å². The van der Waals surface area contributed by atoms with E-state index in [-0.39, 0.29) is 0 Å². The standard InChI is InChI=1S/C15H15ClN4/c1-9(2)20-8-11(6-18-20)13-4-10(3)12-5-15(16)17-7-14(12)19-13/h4-9H,1-3H3. The van der Waals surface area contributed by atoms with Gasteiger partial charge < -0.3 is 0 Å². The summed E-state index contributed by atoms with van der Waals surface area (Å²) in [6, 6.07) is 4.24. The van der Waals surface area contributed by atoms with Crippen LogP contribution < -0.4 is 0 Å². The van der Waals surface area contributed by atoms with Gasteiger partial charge in [0.1, 0.15) is 5.15 Å². The van der Waals surface area contributed by atoms with Gasteiger partial charge in [-0.05, 0) is 38.5 Å². The average Bonchev–Trinajstić information content (AvgIpc) is 2.89. The predicted molar refractivity (Wildman–Crippen MR) is 80.9 cm³/mol. The zero-order valence-electron chi connectivity index (χ0n) is 11.6. The molecule has 0 aliphatic rings. The predicted octanol–water partition coefficient (Wildman–Crippen LogP) is 4.04. The largest absolute Gasteiger partial charge is 0.270 e. The van der Waals surface area contributed by atoms with Crippen LogP contribution in [0.5, 0.6) is 0 Å². The van der Waals surface area contributed by atoms with Crippen LogP contribution in [0.25, 0.3) is 22.2 Å². The van der Waals surface area contributed by atoms with Crippen molar-refractivity contribution in [2.45, 2.75) is 26.8 Å². The Bertz CT molecular complexity index is 777. The first kappa shape index (κ1) is 13.1. The molecule has 0 aliphatic carbocycles. The van der Waals surface area contributed by atoms with Gasteiger partial charge in [-0.1, -0.05) is 11.6 Å². The second-order valence-electron chi connectivity index (χ2n) is 5.15. The molecule has 0 saturated carbocycles. The molecule has 0 amide bonds. The van der Waals surface area contributed by atoms with Gasteiger partial charge in [0.15, 0.2) is 0 Å². The van der Waals surface area contributed by atoms with Crippen LogP contribution in [-0.2, 0) is 0 Å². The normalized spacial score (nSPS) is 11.4. The Morgan fingerprint density at radius 1 is 1.20 bits per heavy atom. The highest BCUT2D eigenvalue weighted by Gasteiger charge is 2.09. The number of hydrogen-bond acceptors (Lipinski definition) is 3. The van der Waals surface area contributed by atoms with E-state index in [0.717, 1.165) is 27.7 Å². The zero-order chi connectivity index (χ0) is 14.3. The summed E-state index contributed by atoms with van der Waals surface area (Å²) in [5.74, 6) is 0. The Balaban J connectivity index is 2.14. The monoisotopic (exact) mass is 286 g/mol. The topological polar surface area (TPSA) is 43.6 Å². The molecule has 0 fully saturated rings. The molecular weight excluding hydrogens is 272 g/mol. The van der Waals surface area contributed by atoms with Crippen molar-refractivity contribution in [3.05, 3.63) is 41.4 Å². The first-order valence-corrected chi connectivity index (χ1v) is 6.90. The van der Waals surface area contributed by atoms with Crippen LogP contribution in [0, 0.1) is 6.92 Å². The van der Waals surface area contributed by atoms with Gasteiger partial charge in [0.05, 0.1) is 23.6 Å². The maximum absolute atomic E-state index is 5.93. The smallest absolute Gasteiger partial charge is 0.129 e. The summed E-state index contributed by atoms with van der Waals surface area (Å²) in [6.45, 7) is 6.25. The van der Waals surface area contributed by atoms with Crippen LogP contribution in [0.2, 0.25) is 5.15 Å². The molecule has 0 saturated heterocycles. The number of hydrogen-bond donors (Lipinski definition) is 0. The maximum atomic E-state index is 5.93. The molecule has 0 N–H and O–H groups in total. The van der Waals surface area contributed by atoms with Crippen LogP contribution in [0.1, 0.15) is 25.5 Å². The van der Waals surface area contributed by atoms with Crippen LogP contribution in [-0.4, -0.2) is 19.7 Å². The third-order valence-electron chi connectivity index (χ3n) is 3.29. The molecule has 0 atom stereocenters. The minimum absolute atomic E-state index is 0.339. The van der Waals surface area contributed by atoms with E-state index in [4.69, 9.17) is 11.6 Å². The lowest BCUT2D eigenvalue weighted by atomic mass is 10.1. The number of nitrogens with zero attached hydrogens (tertiary/aromatic N) is 4. The lowest BCUT2D eigenvalue weighted by molar-refractivity contribution is 0.532. The average molecular weight is 287 g/mol. The minimum Gasteiger partial charge on any atom is -0.270 e. The Labute approximate surface area is 122 Å². The molecule has 3 aromatic rings. The van der Waals surface area contributed by atoms with Crippen molar-refractivity contribution in [2.75, 3.05) is 0 Å². The van der Waals surface area contributed by atoms with Crippen molar-refractivity contribution in [3.8, 4) is 11.3 Å². The molecule has 0 aliphatic heterocycles. The second-order valence-corrected chi connectivity index (χ2v) is 5.54. The third kappa shape index (κ3) is 2.27. The maximum Gasteiger partial charge on any atom is 0.129 e. The SMILES string of the molecule is Cc1cc(-c2cnn(C(C)C)c2)nc2cnc(Cl)cc12. The lowest BCUT2D eigenvalue weighted by Gasteiger charge is -2.06. The molecule has 4 nitrogen and oxygen atoms in total. The first-order chi connectivity index (χ1) is 9.54. The number of fused-ring (bicyclic) bond motifs is 1. The first-order valence-electron chi connectivity index (χ1n) is 6.52. The van der Waals surface area contributed by atoms with Gasteiger partial charge in [-0.25, -0.2) is 9.97 Å². The van der Waals surface area contributed by atoms with E-state index in [1.54, 1.807) is 6.20 Å². The summed E-state index contributed by atoms with van der Waals surface area (Å²) in [4.78, 5) is 8.74. The van der Waals surface area contributed by atoms with Gasteiger partial charge in [-0.3, -0.25) is 4.68 Å². The molecule has 5 heteroatoms. The summed E-state index contributed by atoms with van der Waals surface area (Å²) in [6.07, 6.45) is 5.57. The fraction of sp³-hybridized carbons (Fsp3) is 0.267. The summed E-state index contributed by atoms with van der Waals surface area (Å²) in [5.41, 5.74) is 3.90. The minimum atomic E-state index is 0.339. The van der Waals surface area contributed by atoms with Crippen LogP contribution >= 0.6 is 11.6 Å². The molecule has 0 radical (unpaired) electrons. The summed E-state index contributed by atoms with van der Waals surface area (Å²) in [5, 5.41) is 5.88. The molecule has 0 unspecified atom stereocenters. The summed E-state index contributed by atoms with van der Waals surface area (Å²) in [7, 11) is 0. The van der Waals surface area contributed by atoms with Crippen molar-refractivity contribution in [1.29, 1.82) is 0 Å². The van der Waals surface area contributed by atoms with Crippen LogP contribution in [0.15, 0.2) is 30.7 Å². The molecule has 0 bridgehead atoms. The summed E-state index contributed by atoms with van der Waals surface area (Å²) < 4.78 is 1.93. The van der Waals surface area contributed by atoms with Crippen molar-refractivity contribution in [1.82, 2.24) is 19.7 Å². The number of halogens is 1. The van der Waals surface area contributed by atoms with E-state index >= 15 is 0 Å². The Morgan fingerprint density at radius 2 is 2.00 bits per heavy atom. The van der Waals surface area contributed by atoms with E-state index < -0.39 is 0 Å². The van der Waals surface area contributed by atoms with Gasteiger partial charge in [-0.2, -0.15) is 5.10 Å². The van der Waals surface area contributed by atoms with Gasteiger partial charge in [0.25, 0.3) is 0 Å². The molecule has 0 aromatic carbocycles. The van der Waals surface area contributed by atoms with Gasteiger partial charge in [0.2, 0.25) is 0 Å². The number of aryl methyl sites for hydroxylation is 1. The molecule has 102 valence electrons. The highest BCUT2D eigenvalue weighted by molar-refractivity contribution is 6.30. The molecule has 0 spiro atoms. The molecule has 3 aromatic heterocycles. The van der Waals surface area contributed by atoms with Gasteiger partial charge in [-0.15, -0.1) is 0 Å². The van der Waals surface area contributed by atoms with Crippen molar-refractivity contribution in [2.24, 2.45) is 0 Å². The van der Waals surface area contributed by atoms with E-state index in [1.807, 2.05) is 23.1 Å². The number of pyridine rings is 2. The lowest BCUT2D eigenvalue weighted by Crippen LogP contribution is -1.99. The van der Waals surface area contributed by atoms with Crippen molar-refractivity contribution >= 4 is 22.5 Å². The Kier molecular flexibility index (Phi) is 3.18. The number of rotatable bonds is 2. The Hall–Kier alpha value is -1.94. The molecular formula is C15H15ClN4. The summed E-state index contributed by atoms with van der Waals surface area (Å²) >= 11 is 5.93. The van der Waals surface area contributed by atoms with Gasteiger partial charge in [0, 0.05) is 23.2 Å².